The third kappa shape index (κ3) is 3.86. The maximum Gasteiger partial charge on any atom is 0.256 e. The molecule has 3 atom stereocenters. The van der Waals surface area contributed by atoms with Crippen LogP contribution < -0.4 is 5.32 Å². The number of amides is 1. The van der Waals surface area contributed by atoms with Crippen molar-refractivity contribution < 1.29 is 18.0 Å². The van der Waals surface area contributed by atoms with Gasteiger partial charge in [0.25, 0.3) is 6.43 Å². The molecule has 2 N–H and O–H groups in total. The quantitative estimate of drug-likeness (QED) is 0.428. The van der Waals surface area contributed by atoms with Crippen LogP contribution in [0.25, 0.3) is 33.2 Å². The molecule has 36 heavy (non-hydrogen) atoms. The second kappa shape index (κ2) is 8.49. The largest absolute Gasteiger partial charge is 0.351 e. The molecule has 1 aliphatic heterocycles. The Morgan fingerprint density at radius 2 is 1.97 bits per heavy atom. The van der Waals surface area contributed by atoms with Gasteiger partial charge in [-0.3, -0.25) is 4.79 Å². The second-order valence-corrected chi connectivity index (χ2v) is 9.90. The van der Waals surface area contributed by atoms with Crippen molar-refractivity contribution in [2.45, 2.75) is 45.7 Å². The van der Waals surface area contributed by atoms with E-state index in [0.29, 0.717) is 51.3 Å². The molecule has 1 saturated carbocycles. The number of rotatable bonds is 5. The number of aromatic amines is 1. The van der Waals surface area contributed by atoms with Crippen molar-refractivity contribution in [2.75, 3.05) is 18.4 Å². The van der Waals surface area contributed by atoms with E-state index in [-0.39, 0.29) is 17.5 Å². The average molecular weight is 498 g/mol. The number of hydrogen-bond acceptors (Lipinski definition) is 5. The monoisotopic (exact) mass is 497 g/mol. The van der Waals surface area contributed by atoms with Crippen molar-refractivity contribution >= 4 is 33.9 Å². The standard InChI is InChI=1S/C25H26F3N7O/c1-12-31-23-20(26)5-14(6-21(23)35(12)11-22(27)28)18-7-29-24-19(18)8-30-25(33-24)32-17-3-15-9-34(13(2)36)10-16(15)4-17/h5-8,15-17,22H,3-4,9-11H2,1-2H3,(H2,29,30,32,33)/t15-,16+,17-. The summed E-state index contributed by atoms with van der Waals surface area (Å²) in [5.41, 5.74) is 2.21. The van der Waals surface area contributed by atoms with E-state index in [1.54, 1.807) is 32.3 Å². The van der Waals surface area contributed by atoms with Crippen LogP contribution in [0.4, 0.5) is 19.1 Å². The van der Waals surface area contributed by atoms with Crippen LogP contribution in [0.15, 0.2) is 24.5 Å². The lowest BCUT2D eigenvalue weighted by molar-refractivity contribution is -0.128. The summed E-state index contributed by atoms with van der Waals surface area (Å²) in [6, 6.07) is 3.28. The Morgan fingerprint density at radius 3 is 2.67 bits per heavy atom. The highest BCUT2D eigenvalue weighted by molar-refractivity contribution is 5.96. The first-order chi connectivity index (χ1) is 17.3. The molecule has 2 aliphatic rings. The molecule has 1 amide bonds. The van der Waals surface area contributed by atoms with E-state index in [0.717, 1.165) is 25.9 Å². The third-order valence-corrected chi connectivity index (χ3v) is 7.59. The summed E-state index contributed by atoms with van der Waals surface area (Å²) < 4.78 is 42.4. The van der Waals surface area contributed by atoms with Gasteiger partial charge in [0.1, 0.15) is 17.0 Å². The number of alkyl halides is 2. The molecule has 0 radical (unpaired) electrons. The van der Waals surface area contributed by atoms with E-state index in [4.69, 9.17) is 0 Å². The minimum atomic E-state index is -2.58. The Labute approximate surface area is 204 Å². The predicted octanol–water partition coefficient (Wildman–Crippen LogP) is 4.36. The fourth-order valence-corrected chi connectivity index (χ4v) is 5.89. The number of likely N-dealkylation sites (tertiary alicyclic amines) is 1. The number of hydrogen-bond donors (Lipinski definition) is 2. The number of benzene rings is 1. The highest BCUT2D eigenvalue weighted by atomic mass is 19.3. The Bertz CT molecular complexity index is 1470. The number of aryl methyl sites for hydroxylation is 1. The number of imidazole rings is 1. The van der Waals surface area contributed by atoms with Crippen molar-refractivity contribution in [3.05, 3.63) is 36.2 Å². The number of fused-ring (bicyclic) bond motifs is 3. The van der Waals surface area contributed by atoms with Gasteiger partial charge in [-0.05, 0) is 49.3 Å². The van der Waals surface area contributed by atoms with Gasteiger partial charge < -0.3 is 19.8 Å². The van der Waals surface area contributed by atoms with Gasteiger partial charge in [0, 0.05) is 49.4 Å². The maximum absolute atomic E-state index is 14.9. The molecule has 8 nitrogen and oxygen atoms in total. The van der Waals surface area contributed by atoms with E-state index in [9.17, 15) is 18.0 Å². The van der Waals surface area contributed by atoms with Gasteiger partial charge in [-0.1, -0.05) is 0 Å². The molecule has 4 aromatic rings. The van der Waals surface area contributed by atoms with E-state index in [1.165, 1.54) is 10.6 Å². The van der Waals surface area contributed by atoms with Gasteiger partial charge in [0.05, 0.1) is 12.1 Å². The second-order valence-electron chi connectivity index (χ2n) is 9.90. The van der Waals surface area contributed by atoms with E-state index < -0.39 is 18.8 Å². The van der Waals surface area contributed by atoms with Crippen LogP contribution in [0.5, 0.6) is 0 Å². The Kier molecular flexibility index (Phi) is 5.38. The number of H-pyrrole nitrogens is 1. The lowest BCUT2D eigenvalue weighted by atomic mass is 10.0. The molecule has 4 heterocycles. The molecule has 1 aliphatic carbocycles. The van der Waals surface area contributed by atoms with Crippen LogP contribution in [0, 0.1) is 24.6 Å². The maximum atomic E-state index is 14.9. The Balaban J connectivity index is 1.25. The molecule has 2 fully saturated rings. The van der Waals surface area contributed by atoms with Gasteiger partial charge in [-0.15, -0.1) is 0 Å². The van der Waals surface area contributed by atoms with E-state index >= 15 is 0 Å². The topological polar surface area (TPSA) is 91.7 Å². The zero-order valence-corrected chi connectivity index (χ0v) is 19.9. The lowest BCUT2D eigenvalue weighted by Crippen LogP contribution is -2.29. The smallest absolute Gasteiger partial charge is 0.256 e. The molecule has 1 saturated heterocycles. The molecule has 1 aromatic carbocycles. The van der Waals surface area contributed by atoms with Crippen LogP contribution in [-0.4, -0.2) is 60.9 Å². The Hall–Kier alpha value is -3.63. The number of aromatic nitrogens is 5. The Morgan fingerprint density at radius 1 is 1.22 bits per heavy atom. The fourth-order valence-electron chi connectivity index (χ4n) is 5.89. The zero-order valence-electron chi connectivity index (χ0n) is 19.9. The summed E-state index contributed by atoms with van der Waals surface area (Å²) >= 11 is 0. The summed E-state index contributed by atoms with van der Waals surface area (Å²) in [6.45, 7) is 4.29. The zero-order chi connectivity index (χ0) is 25.1. The predicted molar refractivity (Wildman–Crippen MR) is 129 cm³/mol. The summed E-state index contributed by atoms with van der Waals surface area (Å²) in [6.07, 6.45) is 2.77. The minimum Gasteiger partial charge on any atom is -0.351 e. The summed E-state index contributed by atoms with van der Waals surface area (Å²) in [5.74, 6) is 1.42. The van der Waals surface area contributed by atoms with Crippen molar-refractivity contribution in [1.29, 1.82) is 0 Å². The van der Waals surface area contributed by atoms with E-state index in [2.05, 4.69) is 25.3 Å². The van der Waals surface area contributed by atoms with Crippen LogP contribution in [-0.2, 0) is 11.3 Å². The number of nitrogens with one attached hydrogen (secondary N) is 2. The van der Waals surface area contributed by atoms with Gasteiger partial charge in [0.15, 0.2) is 5.82 Å². The van der Waals surface area contributed by atoms with Crippen LogP contribution in [0.2, 0.25) is 0 Å². The van der Waals surface area contributed by atoms with Gasteiger partial charge >= 0.3 is 0 Å². The number of carbonyl (C=O) groups is 1. The van der Waals surface area contributed by atoms with Crippen LogP contribution in [0.3, 0.4) is 0 Å². The number of nitrogens with zero attached hydrogens (tertiary/aromatic N) is 5. The summed E-state index contributed by atoms with van der Waals surface area (Å²) in [4.78, 5) is 30.0. The van der Waals surface area contributed by atoms with Crippen molar-refractivity contribution in [1.82, 2.24) is 29.4 Å². The van der Waals surface area contributed by atoms with Crippen molar-refractivity contribution in [2.24, 2.45) is 11.8 Å². The van der Waals surface area contributed by atoms with Gasteiger partial charge in [-0.2, -0.15) is 4.98 Å². The van der Waals surface area contributed by atoms with Crippen LogP contribution >= 0.6 is 0 Å². The molecule has 188 valence electrons. The fraction of sp³-hybridized carbons (Fsp3) is 0.440. The highest BCUT2D eigenvalue weighted by Crippen LogP contribution is 2.39. The normalized spacial score (nSPS) is 21.7. The SMILES string of the molecule is CC(=O)N1C[C@H]2C[C@@H](Nc3ncc4c(-c5cc(F)c6nc(C)n(CC(F)F)c6c5)c[nH]c4n3)C[C@H]2C1. The molecule has 0 bridgehead atoms. The van der Waals surface area contributed by atoms with Crippen molar-refractivity contribution in [3.63, 3.8) is 0 Å². The summed E-state index contributed by atoms with van der Waals surface area (Å²) in [5, 5.41) is 4.13. The first-order valence-electron chi connectivity index (χ1n) is 12.1. The average Bonchev–Trinajstić information content (AvgIpc) is 3.56. The van der Waals surface area contributed by atoms with Crippen LogP contribution in [0.1, 0.15) is 25.6 Å². The molecule has 3 aromatic heterocycles. The first kappa shape index (κ1) is 22.8. The highest BCUT2D eigenvalue weighted by Gasteiger charge is 2.41. The molecule has 11 heteroatoms. The number of halogens is 3. The molecule has 0 spiro atoms. The molecular weight excluding hydrogens is 471 g/mol. The first-order valence-corrected chi connectivity index (χ1v) is 12.1. The minimum absolute atomic E-state index is 0.0761. The lowest BCUT2D eigenvalue weighted by Gasteiger charge is -2.18. The third-order valence-electron chi connectivity index (χ3n) is 7.59. The number of anilines is 1. The summed E-state index contributed by atoms with van der Waals surface area (Å²) in [7, 11) is 0. The molecule has 0 unspecified atom stereocenters. The molecular formula is C25H26F3N7O. The van der Waals surface area contributed by atoms with Gasteiger partial charge in [-0.25, -0.2) is 23.1 Å². The number of carbonyl (C=O) groups excluding carboxylic acids is 1. The van der Waals surface area contributed by atoms with Crippen molar-refractivity contribution in [3.8, 4) is 11.1 Å². The van der Waals surface area contributed by atoms with E-state index in [1.807, 2.05) is 4.90 Å². The molecule has 6 rings (SSSR count). The van der Waals surface area contributed by atoms with Gasteiger partial charge in [0.2, 0.25) is 11.9 Å².